The van der Waals surface area contributed by atoms with Crippen LogP contribution in [0, 0.1) is 5.92 Å². The van der Waals surface area contributed by atoms with E-state index in [1.165, 1.54) is 0 Å². The Morgan fingerprint density at radius 1 is 1.50 bits per heavy atom. The largest absolute Gasteiger partial charge is 0.493 e. The average molecular weight is 248 g/mol. The highest BCUT2D eigenvalue weighted by Gasteiger charge is 2.20. The molecular formula is C14H20N2O2. The summed E-state index contributed by atoms with van der Waals surface area (Å²) in [5.74, 6) is 1.26. The van der Waals surface area contributed by atoms with E-state index in [0.29, 0.717) is 18.9 Å². The van der Waals surface area contributed by atoms with Gasteiger partial charge in [-0.25, -0.2) is 0 Å². The SMILES string of the molecule is CC(N)c1ccccc1OCC1CCNC(=O)C1. The van der Waals surface area contributed by atoms with Crippen molar-refractivity contribution in [2.24, 2.45) is 11.7 Å². The van der Waals surface area contributed by atoms with Gasteiger partial charge in [-0.15, -0.1) is 0 Å². The van der Waals surface area contributed by atoms with E-state index in [1.54, 1.807) is 0 Å². The van der Waals surface area contributed by atoms with Crippen molar-refractivity contribution < 1.29 is 9.53 Å². The van der Waals surface area contributed by atoms with Crippen LogP contribution in [-0.4, -0.2) is 19.1 Å². The monoisotopic (exact) mass is 248 g/mol. The van der Waals surface area contributed by atoms with E-state index in [1.807, 2.05) is 31.2 Å². The van der Waals surface area contributed by atoms with Crippen molar-refractivity contribution in [2.45, 2.75) is 25.8 Å². The molecule has 1 aromatic carbocycles. The molecule has 1 aromatic rings. The van der Waals surface area contributed by atoms with Crippen LogP contribution in [0.2, 0.25) is 0 Å². The second-order valence-corrected chi connectivity index (χ2v) is 4.85. The van der Waals surface area contributed by atoms with Crippen LogP contribution in [0.25, 0.3) is 0 Å². The predicted molar refractivity (Wildman–Crippen MR) is 70.3 cm³/mol. The van der Waals surface area contributed by atoms with E-state index in [0.717, 1.165) is 24.3 Å². The summed E-state index contributed by atoms with van der Waals surface area (Å²) in [7, 11) is 0. The summed E-state index contributed by atoms with van der Waals surface area (Å²) in [6.45, 7) is 3.27. The van der Waals surface area contributed by atoms with Gasteiger partial charge in [-0.05, 0) is 19.4 Å². The van der Waals surface area contributed by atoms with Crippen molar-refractivity contribution in [1.82, 2.24) is 5.32 Å². The van der Waals surface area contributed by atoms with E-state index in [2.05, 4.69) is 5.32 Å². The van der Waals surface area contributed by atoms with Gasteiger partial charge in [0.05, 0.1) is 6.61 Å². The van der Waals surface area contributed by atoms with E-state index in [-0.39, 0.29) is 11.9 Å². The second-order valence-electron chi connectivity index (χ2n) is 4.85. The van der Waals surface area contributed by atoms with Gasteiger partial charge in [-0.2, -0.15) is 0 Å². The number of para-hydroxylation sites is 1. The standard InChI is InChI=1S/C14H20N2O2/c1-10(15)12-4-2-3-5-13(12)18-9-11-6-7-16-14(17)8-11/h2-5,10-11H,6-9,15H2,1H3,(H,16,17). The molecule has 4 heteroatoms. The first-order valence-electron chi connectivity index (χ1n) is 6.41. The molecule has 0 aromatic heterocycles. The van der Waals surface area contributed by atoms with Crippen LogP contribution < -0.4 is 15.8 Å². The van der Waals surface area contributed by atoms with E-state index >= 15 is 0 Å². The zero-order valence-corrected chi connectivity index (χ0v) is 10.7. The molecule has 4 nitrogen and oxygen atoms in total. The van der Waals surface area contributed by atoms with E-state index in [9.17, 15) is 4.79 Å². The molecule has 1 fully saturated rings. The Morgan fingerprint density at radius 2 is 2.28 bits per heavy atom. The summed E-state index contributed by atoms with van der Waals surface area (Å²) in [6.07, 6.45) is 1.53. The van der Waals surface area contributed by atoms with Crippen molar-refractivity contribution in [2.75, 3.05) is 13.2 Å². The maximum absolute atomic E-state index is 11.3. The molecule has 1 aliphatic heterocycles. The van der Waals surface area contributed by atoms with Crippen molar-refractivity contribution in [1.29, 1.82) is 0 Å². The second kappa shape index (κ2) is 5.87. The summed E-state index contributed by atoms with van der Waals surface area (Å²) in [4.78, 5) is 11.3. The molecule has 0 bridgehead atoms. The number of benzene rings is 1. The summed E-state index contributed by atoms with van der Waals surface area (Å²) >= 11 is 0. The van der Waals surface area contributed by atoms with Gasteiger partial charge < -0.3 is 15.8 Å². The number of rotatable bonds is 4. The van der Waals surface area contributed by atoms with Gasteiger partial charge in [0.1, 0.15) is 5.75 Å². The summed E-state index contributed by atoms with van der Waals surface area (Å²) in [6, 6.07) is 7.76. The molecule has 2 unspecified atom stereocenters. The average Bonchev–Trinajstić information content (AvgIpc) is 2.37. The Hall–Kier alpha value is -1.55. The van der Waals surface area contributed by atoms with Crippen molar-refractivity contribution in [3.63, 3.8) is 0 Å². The third kappa shape index (κ3) is 3.23. The Morgan fingerprint density at radius 3 is 3.00 bits per heavy atom. The number of piperidine rings is 1. The first kappa shape index (κ1) is 12.9. The highest BCUT2D eigenvalue weighted by atomic mass is 16.5. The fraction of sp³-hybridized carbons (Fsp3) is 0.500. The minimum atomic E-state index is -0.0455. The van der Waals surface area contributed by atoms with Gasteiger partial charge in [-0.3, -0.25) is 4.79 Å². The van der Waals surface area contributed by atoms with E-state index < -0.39 is 0 Å². The van der Waals surface area contributed by atoms with Gasteiger partial charge >= 0.3 is 0 Å². The predicted octanol–water partition coefficient (Wildman–Crippen LogP) is 1.61. The van der Waals surface area contributed by atoms with Crippen LogP contribution in [-0.2, 0) is 4.79 Å². The number of carbonyl (C=O) groups is 1. The van der Waals surface area contributed by atoms with Gasteiger partial charge in [0.15, 0.2) is 0 Å². The Balaban J connectivity index is 1.95. The lowest BCUT2D eigenvalue weighted by Crippen LogP contribution is -2.35. The molecule has 1 aliphatic rings. The molecule has 98 valence electrons. The molecule has 0 aliphatic carbocycles. The quantitative estimate of drug-likeness (QED) is 0.851. The smallest absolute Gasteiger partial charge is 0.220 e. The minimum absolute atomic E-state index is 0.0455. The first-order chi connectivity index (χ1) is 8.66. The number of ether oxygens (including phenoxy) is 1. The fourth-order valence-electron chi connectivity index (χ4n) is 2.19. The number of carbonyl (C=O) groups excluding carboxylic acids is 1. The Labute approximate surface area is 108 Å². The van der Waals surface area contributed by atoms with Crippen LogP contribution in [0.15, 0.2) is 24.3 Å². The lowest BCUT2D eigenvalue weighted by molar-refractivity contribution is -0.123. The molecule has 3 N–H and O–H groups in total. The van der Waals surface area contributed by atoms with Gasteiger partial charge in [0.2, 0.25) is 5.91 Å². The van der Waals surface area contributed by atoms with Gasteiger partial charge in [0.25, 0.3) is 0 Å². The maximum Gasteiger partial charge on any atom is 0.220 e. The number of amides is 1. The normalized spacial score (nSPS) is 21.2. The number of hydrogen-bond acceptors (Lipinski definition) is 3. The summed E-state index contributed by atoms with van der Waals surface area (Å²) < 4.78 is 5.83. The third-order valence-electron chi connectivity index (χ3n) is 3.23. The van der Waals surface area contributed by atoms with E-state index in [4.69, 9.17) is 10.5 Å². The Bertz CT molecular complexity index is 418. The van der Waals surface area contributed by atoms with Crippen LogP contribution in [0.4, 0.5) is 0 Å². The summed E-state index contributed by atoms with van der Waals surface area (Å²) in [5, 5.41) is 2.83. The topological polar surface area (TPSA) is 64.3 Å². The maximum atomic E-state index is 11.3. The van der Waals surface area contributed by atoms with Crippen LogP contribution in [0.5, 0.6) is 5.75 Å². The molecule has 0 radical (unpaired) electrons. The molecule has 2 rings (SSSR count). The zero-order valence-electron chi connectivity index (χ0n) is 10.7. The molecule has 18 heavy (non-hydrogen) atoms. The van der Waals surface area contributed by atoms with Crippen LogP contribution in [0.1, 0.15) is 31.4 Å². The molecule has 1 heterocycles. The highest BCUT2D eigenvalue weighted by molar-refractivity contribution is 5.76. The molecule has 2 atom stereocenters. The van der Waals surface area contributed by atoms with Gasteiger partial charge in [0, 0.05) is 30.5 Å². The number of hydrogen-bond donors (Lipinski definition) is 2. The Kier molecular flexibility index (Phi) is 4.20. The summed E-state index contributed by atoms with van der Waals surface area (Å²) in [5.41, 5.74) is 6.91. The number of nitrogens with one attached hydrogen (secondary N) is 1. The molecule has 1 amide bonds. The first-order valence-corrected chi connectivity index (χ1v) is 6.41. The molecular weight excluding hydrogens is 228 g/mol. The third-order valence-corrected chi connectivity index (χ3v) is 3.23. The zero-order chi connectivity index (χ0) is 13.0. The lowest BCUT2D eigenvalue weighted by atomic mass is 9.98. The van der Waals surface area contributed by atoms with Crippen molar-refractivity contribution >= 4 is 5.91 Å². The number of nitrogens with two attached hydrogens (primary N) is 1. The van der Waals surface area contributed by atoms with Crippen LogP contribution >= 0.6 is 0 Å². The molecule has 0 saturated carbocycles. The van der Waals surface area contributed by atoms with Crippen molar-refractivity contribution in [3.8, 4) is 5.75 Å². The lowest BCUT2D eigenvalue weighted by Gasteiger charge is -2.23. The molecule has 0 spiro atoms. The van der Waals surface area contributed by atoms with Crippen molar-refractivity contribution in [3.05, 3.63) is 29.8 Å². The van der Waals surface area contributed by atoms with Gasteiger partial charge in [-0.1, -0.05) is 18.2 Å². The fourth-order valence-corrected chi connectivity index (χ4v) is 2.19. The van der Waals surface area contributed by atoms with Crippen LogP contribution in [0.3, 0.4) is 0 Å². The molecule has 1 saturated heterocycles. The highest BCUT2D eigenvalue weighted by Crippen LogP contribution is 2.24. The minimum Gasteiger partial charge on any atom is -0.493 e.